The van der Waals surface area contributed by atoms with Gasteiger partial charge in [0.05, 0.1) is 0 Å². The lowest BCUT2D eigenvalue weighted by molar-refractivity contribution is -0.116. The lowest BCUT2D eigenvalue weighted by atomic mass is 9.81. The molecule has 126 valence electrons. The Morgan fingerprint density at radius 2 is 1.10 bits per heavy atom. The first-order valence-electron chi connectivity index (χ1n) is 5.76. The monoisotopic (exact) mass is 476 g/mol. The van der Waals surface area contributed by atoms with E-state index >= 15 is 0 Å². The third kappa shape index (κ3) is 11.5. The summed E-state index contributed by atoms with van der Waals surface area (Å²) in [6, 6.07) is 0. The van der Waals surface area contributed by atoms with Crippen molar-refractivity contribution in [3.63, 3.8) is 0 Å². The Morgan fingerprint density at radius 1 is 0.762 bits per heavy atom. The number of hydrogen-bond donors (Lipinski definition) is 0. The maximum Gasteiger partial charge on any atom is 0.192 e. The molecule has 0 saturated carbocycles. The molecule has 0 aromatic carbocycles. The molecule has 10 heteroatoms. The number of halogens is 9. The predicted octanol–water partition coefficient (Wildman–Crippen LogP) is 6.93. The summed E-state index contributed by atoms with van der Waals surface area (Å²) >= 11 is 52.3. The Kier molecular flexibility index (Phi) is 10.7. The molecule has 0 fully saturated rings. The average Bonchev–Trinajstić information content (AvgIpc) is 2.22. The number of carbonyl (C=O) groups is 1. The van der Waals surface area contributed by atoms with E-state index in [1.807, 2.05) is 0 Å². The maximum atomic E-state index is 11.5. The van der Waals surface area contributed by atoms with Gasteiger partial charge in [0, 0.05) is 34.9 Å². The first kappa shape index (κ1) is 23.3. The Balaban J connectivity index is 4.80. The zero-order valence-electron chi connectivity index (χ0n) is 10.6. The van der Waals surface area contributed by atoms with Crippen molar-refractivity contribution in [3.8, 4) is 0 Å². The summed E-state index contributed by atoms with van der Waals surface area (Å²) in [7, 11) is 0. The molecule has 0 spiro atoms. The lowest BCUT2D eigenvalue weighted by Crippen LogP contribution is -2.33. The van der Waals surface area contributed by atoms with Crippen molar-refractivity contribution in [2.45, 2.75) is 44.0 Å². The zero-order chi connectivity index (χ0) is 16.9. The van der Waals surface area contributed by atoms with Crippen molar-refractivity contribution in [2.75, 3.05) is 5.88 Å². The van der Waals surface area contributed by atoms with Gasteiger partial charge >= 0.3 is 0 Å². The molecule has 1 nitrogen and oxygen atoms in total. The number of rotatable bonds is 8. The molecule has 0 radical (unpaired) electrons. The molecule has 21 heavy (non-hydrogen) atoms. The average molecular weight is 480 g/mol. The molecular formula is C11H13Cl9O. The molecule has 0 bridgehead atoms. The molecule has 0 saturated heterocycles. The van der Waals surface area contributed by atoms with Crippen molar-refractivity contribution in [1.82, 2.24) is 0 Å². The molecule has 2 unspecified atom stereocenters. The highest BCUT2D eigenvalue weighted by molar-refractivity contribution is 6.68. The van der Waals surface area contributed by atoms with E-state index in [-0.39, 0.29) is 31.6 Å². The second-order valence-electron chi connectivity index (χ2n) is 4.86. The Bertz CT molecular complexity index is 299. The van der Waals surface area contributed by atoms with Gasteiger partial charge in [0.15, 0.2) is 7.59 Å². The minimum Gasteiger partial charge on any atom is -0.303 e. The van der Waals surface area contributed by atoms with E-state index in [1.165, 1.54) is 0 Å². The first-order valence-corrected chi connectivity index (χ1v) is 9.44. The van der Waals surface area contributed by atoms with E-state index < -0.39 is 23.8 Å². The van der Waals surface area contributed by atoms with Gasteiger partial charge in [-0.2, -0.15) is 0 Å². The molecule has 2 atom stereocenters. The highest BCUT2D eigenvalue weighted by Crippen LogP contribution is 2.41. The van der Waals surface area contributed by atoms with Gasteiger partial charge in [-0.05, 0) is 12.8 Å². The van der Waals surface area contributed by atoms with Crippen molar-refractivity contribution in [2.24, 2.45) is 5.41 Å². The minimum absolute atomic E-state index is 0.0165. The molecule has 0 aliphatic heterocycles. The highest BCUT2D eigenvalue weighted by Gasteiger charge is 2.38. The summed E-state index contributed by atoms with van der Waals surface area (Å²) < 4.78 is -3.02. The van der Waals surface area contributed by atoms with E-state index in [9.17, 15) is 4.79 Å². The van der Waals surface area contributed by atoms with Gasteiger partial charge < -0.3 is 4.79 Å². The van der Waals surface area contributed by atoms with Crippen LogP contribution >= 0.6 is 104 Å². The van der Waals surface area contributed by atoms with Crippen LogP contribution in [0.25, 0.3) is 0 Å². The van der Waals surface area contributed by atoms with Crippen LogP contribution in [0.5, 0.6) is 0 Å². The van der Waals surface area contributed by atoms with Crippen molar-refractivity contribution >= 4 is 111 Å². The quantitative estimate of drug-likeness (QED) is 0.272. The van der Waals surface area contributed by atoms with E-state index in [1.54, 1.807) is 0 Å². The standard InChI is InChI=1S/C11H13Cl9O/c12-5-9(6-21,1-7(13)3-10(15,16)17)2-8(14)4-11(18,19)20/h6-8H,1-5H2. The highest BCUT2D eigenvalue weighted by atomic mass is 35.6. The van der Waals surface area contributed by atoms with Crippen LogP contribution in [0.15, 0.2) is 0 Å². The molecule has 0 aromatic rings. The second kappa shape index (κ2) is 9.68. The molecule has 0 rings (SSSR count). The normalized spacial score (nSPS) is 18.9. The largest absolute Gasteiger partial charge is 0.303 e. The van der Waals surface area contributed by atoms with E-state index in [4.69, 9.17) is 104 Å². The topological polar surface area (TPSA) is 17.1 Å². The van der Waals surface area contributed by atoms with Crippen molar-refractivity contribution < 1.29 is 4.79 Å². The smallest absolute Gasteiger partial charge is 0.192 e. The number of carbonyl (C=O) groups excluding carboxylic acids is 1. The summed E-state index contributed by atoms with van der Waals surface area (Å²) in [6.45, 7) is 0. The van der Waals surface area contributed by atoms with Crippen LogP contribution in [-0.4, -0.2) is 30.5 Å². The Hall–Kier alpha value is 2.28. The fourth-order valence-corrected chi connectivity index (χ4v) is 4.80. The SMILES string of the molecule is O=CC(CCl)(CC(Cl)CC(Cl)(Cl)Cl)CC(Cl)CC(Cl)(Cl)Cl. The summed E-state index contributed by atoms with van der Waals surface area (Å²) in [5.41, 5.74) is -0.966. The van der Waals surface area contributed by atoms with Gasteiger partial charge in [-0.15, -0.1) is 34.8 Å². The summed E-state index contributed by atoms with van der Waals surface area (Å²) in [4.78, 5) is 11.5. The number of aldehydes is 1. The molecule has 0 aliphatic carbocycles. The van der Waals surface area contributed by atoms with Crippen LogP contribution < -0.4 is 0 Å². The molecule has 0 heterocycles. The van der Waals surface area contributed by atoms with Crippen LogP contribution in [0.3, 0.4) is 0 Å². The van der Waals surface area contributed by atoms with Crippen molar-refractivity contribution in [3.05, 3.63) is 0 Å². The van der Waals surface area contributed by atoms with Gasteiger partial charge in [-0.25, -0.2) is 0 Å². The fraction of sp³-hybridized carbons (Fsp3) is 0.909. The Morgan fingerprint density at radius 3 is 1.29 bits per heavy atom. The molecule has 0 aromatic heterocycles. The number of hydrogen-bond acceptors (Lipinski definition) is 1. The van der Waals surface area contributed by atoms with Crippen LogP contribution in [0, 0.1) is 5.41 Å². The van der Waals surface area contributed by atoms with E-state index in [2.05, 4.69) is 0 Å². The summed E-state index contributed by atoms with van der Waals surface area (Å²) in [6.07, 6.45) is 1.27. The second-order valence-corrected chi connectivity index (χ2v) is 11.4. The van der Waals surface area contributed by atoms with Crippen molar-refractivity contribution in [1.29, 1.82) is 0 Å². The van der Waals surface area contributed by atoms with Gasteiger partial charge in [-0.1, -0.05) is 69.6 Å². The molecule has 0 amide bonds. The van der Waals surface area contributed by atoms with Gasteiger partial charge in [0.1, 0.15) is 6.29 Å². The molecular weight excluding hydrogens is 467 g/mol. The zero-order valence-corrected chi connectivity index (χ0v) is 17.4. The van der Waals surface area contributed by atoms with E-state index in [0.717, 1.165) is 0 Å². The van der Waals surface area contributed by atoms with Crippen LogP contribution in [-0.2, 0) is 4.79 Å². The van der Waals surface area contributed by atoms with Crippen LogP contribution in [0.1, 0.15) is 25.7 Å². The van der Waals surface area contributed by atoms with Gasteiger partial charge in [-0.3, -0.25) is 0 Å². The number of alkyl halides is 9. The van der Waals surface area contributed by atoms with Gasteiger partial charge in [0.25, 0.3) is 0 Å². The summed E-state index contributed by atoms with van der Waals surface area (Å²) in [5, 5.41) is -1.11. The molecule has 0 N–H and O–H groups in total. The minimum atomic E-state index is -1.51. The van der Waals surface area contributed by atoms with Gasteiger partial charge in [0.2, 0.25) is 0 Å². The third-order valence-corrected chi connectivity index (χ3v) is 4.75. The predicted molar refractivity (Wildman–Crippen MR) is 97.5 cm³/mol. The van der Waals surface area contributed by atoms with Crippen LogP contribution in [0.2, 0.25) is 0 Å². The summed E-state index contributed by atoms with van der Waals surface area (Å²) in [5.74, 6) is 0.0165. The fourth-order valence-electron chi connectivity index (χ4n) is 1.85. The molecule has 0 aliphatic rings. The first-order chi connectivity index (χ1) is 9.32. The third-order valence-electron chi connectivity index (χ3n) is 2.68. The van der Waals surface area contributed by atoms with Crippen LogP contribution in [0.4, 0.5) is 0 Å². The Labute approximate surface area is 169 Å². The lowest BCUT2D eigenvalue weighted by Gasteiger charge is -2.31. The maximum absolute atomic E-state index is 11.5. The van der Waals surface area contributed by atoms with E-state index in [0.29, 0.717) is 6.29 Å².